The van der Waals surface area contributed by atoms with Crippen molar-refractivity contribution < 1.29 is 9.59 Å². The highest BCUT2D eigenvalue weighted by molar-refractivity contribution is 5.80. The number of pyridine rings is 2. The van der Waals surface area contributed by atoms with Gasteiger partial charge in [0.2, 0.25) is 11.8 Å². The Morgan fingerprint density at radius 3 is 1.65 bits per heavy atom. The Hall–Kier alpha value is -5.20. The second-order valence-electron chi connectivity index (χ2n) is 12.7. The Morgan fingerprint density at radius 2 is 1.20 bits per heavy atom. The lowest BCUT2D eigenvalue weighted by atomic mass is 9.84. The fourth-order valence-electron chi connectivity index (χ4n) is 5.39. The summed E-state index contributed by atoms with van der Waals surface area (Å²) in [6, 6.07) is 27.6. The number of aromatic nitrogens is 2. The number of rotatable bonds is 4. The van der Waals surface area contributed by atoms with Crippen molar-refractivity contribution in [3.05, 3.63) is 131 Å². The molecule has 2 aliphatic rings. The van der Waals surface area contributed by atoms with Crippen LogP contribution >= 0.6 is 0 Å². The third-order valence-corrected chi connectivity index (χ3v) is 8.16. The molecule has 6 rings (SSSR count). The number of nitrogens with zero attached hydrogens (tertiary/aromatic N) is 4. The predicted molar refractivity (Wildman–Crippen MR) is 181 cm³/mol. The zero-order chi connectivity index (χ0) is 32.4. The topological polar surface area (TPSA) is 66.4 Å². The normalized spacial score (nSPS) is 16.8. The number of amides is 2. The number of carbonyl (C=O) groups is 2. The van der Waals surface area contributed by atoms with Crippen LogP contribution in [0.1, 0.15) is 73.7 Å². The van der Waals surface area contributed by atoms with Gasteiger partial charge in [0.25, 0.3) is 0 Å². The van der Waals surface area contributed by atoms with Gasteiger partial charge >= 0.3 is 0 Å². The van der Waals surface area contributed by atoms with Crippen molar-refractivity contribution in [3.8, 4) is 23.7 Å². The van der Waals surface area contributed by atoms with Gasteiger partial charge in [-0.05, 0) is 66.8 Å². The number of piperidine rings is 1. The third kappa shape index (κ3) is 9.40. The van der Waals surface area contributed by atoms with E-state index >= 15 is 0 Å². The lowest BCUT2D eigenvalue weighted by Gasteiger charge is -2.37. The molecule has 4 aromatic rings. The predicted octanol–water partition coefficient (Wildman–Crippen LogP) is 6.48. The molecule has 0 saturated carbocycles. The lowest BCUT2D eigenvalue weighted by Crippen LogP contribution is -2.43. The Balaban J connectivity index is 0.000000182. The van der Waals surface area contributed by atoms with E-state index in [4.69, 9.17) is 0 Å². The molecule has 6 heteroatoms. The van der Waals surface area contributed by atoms with Gasteiger partial charge in [-0.2, -0.15) is 0 Å². The van der Waals surface area contributed by atoms with E-state index in [1.54, 1.807) is 12.4 Å². The zero-order valence-corrected chi connectivity index (χ0v) is 26.9. The van der Waals surface area contributed by atoms with Crippen molar-refractivity contribution in [3.63, 3.8) is 0 Å². The van der Waals surface area contributed by atoms with Crippen molar-refractivity contribution >= 4 is 11.8 Å². The number of carbonyl (C=O) groups excluding carboxylic acids is 2. The van der Waals surface area contributed by atoms with Gasteiger partial charge in [0.05, 0.1) is 24.5 Å². The molecule has 2 aromatic heterocycles. The maximum Gasteiger partial charge on any atom is 0.225 e. The number of hydrogen-bond acceptors (Lipinski definition) is 4. The quantitative estimate of drug-likeness (QED) is 0.249. The number of hydrogen-bond donors (Lipinski definition) is 0. The molecule has 2 aromatic carbocycles. The van der Waals surface area contributed by atoms with E-state index in [1.165, 1.54) is 0 Å². The van der Waals surface area contributed by atoms with Gasteiger partial charge in [0.15, 0.2) is 0 Å². The van der Waals surface area contributed by atoms with E-state index in [1.807, 2.05) is 102 Å². The average Bonchev–Trinajstić information content (AvgIpc) is 3.39. The summed E-state index contributed by atoms with van der Waals surface area (Å²) < 4.78 is 0. The lowest BCUT2D eigenvalue weighted by molar-refractivity contribution is -0.137. The first-order chi connectivity index (χ1) is 22.2. The van der Waals surface area contributed by atoms with Crippen LogP contribution in [0.4, 0.5) is 0 Å². The second kappa shape index (κ2) is 15.2. The Bertz CT molecular complexity index is 1740. The summed E-state index contributed by atoms with van der Waals surface area (Å²) in [7, 11) is 0. The summed E-state index contributed by atoms with van der Waals surface area (Å²) in [5.41, 5.74) is 5.75. The van der Waals surface area contributed by atoms with E-state index < -0.39 is 0 Å². The highest BCUT2D eigenvalue weighted by Crippen LogP contribution is 2.29. The molecule has 0 aliphatic carbocycles. The minimum atomic E-state index is 0.149. The molecule has 0 spiro atoms. The van der Waals surface area contributed by atoms with Gasteiger partial charge in [-0.3, -0.25) is 19.6 Å². The molecule has 0 bridgehead atoms. The molecule has 4 heterocycles. The van der Waals surface area contributed by atoms with Gasteiger partial charge < -0.3 is 9.80 Å². The number of benzene rings is 2. The summed E-state index contributed by atoms with van der Waals surface area (Å²) in [4.78, 5) is 36.7. The molecule has 2 aliphatic heterocycles. The van der Waals surface area contributed by atoms with Gasteiger partial charge in [-0.25, -0.2) is 0 Å². The van der Waals surface area contributed by atoms with E-state index in [9.17, 15) is 9.59 Å². The molecule has 1 unspecified atom stereocenters. The largest absolute Gasteiger partial charge is 0.337 e. The molecule has 1 atom stereocenters. The van der Waals surface area contributed by atoms with Crippen LogP contribution in [-0.2, 0) is 22.7 Å². The Kier molecular flexibility index (Phi) is 10.6. The summed E-state index contributed by atoms with van der Waals surface area (Å²) in [5, 5.41) is 0. The van der Waals surface area contributed by atoms with Crippen molar-refractivity contribution in [1.82, 2.24) is 19.8 Å². The van der Waals surface area contributed by atoms with Crippen LogP contribution in [-0.4, -0.2) is 44.7 Å². The van der Waals surface area contributed by atoms with Crippen molar-refractivity contribution in [1.29, 1.82) is 0 Å². The zero-order valence-electron chi connectivity index (χ0n) is 26.9. The molecule has 2 amide bonds. The highest BCUT2D eigenvalue weighted by Gasteiger charge is 2.31. The fourth-order valence-corrected chi connectivity index (χ4v) is 5.39. The Labute approximate surface area is 272 Å². The first-order valence-electron chi connectivity index (χ1n) is 15.8. The second-order valence-corrected chi connectivity index (χ2v) is 12.7. The highest BCUT2D eigenvalue weighted by atomic mass is 16.2. The van der Waals surface area contributed by atoms with E-state index in [-0.39, 0.29) is 23.1 Å². The average molecular weight is 609 g/mol. The van der Waals surface area contributed by atoms with E-state index in [2.05, 4.69) is 47.5 Å². The maximum absolute atomic E-state index is 12.1. The van der Waals surface area contributed by atoms with Gasteiger partial charge in [0, 0.05) is 60.1 Å². The van der Waals surface area contributed by atoms with Crippen molar-refractivity contribution in [2.24, 2.45) is 11.3 Å². The number of likely N-dealkylation sites (tertiary alicyclic amines) is 2. The third-order valence-electron chi connectivity index (χ3n) is 8.16. The smallest absolute Gasteiger partial charge is 0.225 e. The van der Waals surface area contributed by atoms with E-state index in [0.29, 0.717) is 19.5 Å². The molecular weight excluding hydrogens is 568 g/mol. The van der Waals surface area contributed by atoms with E-state index in [0.717, 1.165) is 59.6 Å². The van der Waals surface area contributed by atoms with Gasteiger partial charge in [0.1, 0.15) is 0 Å². The molecule has 2 fully saturated rings. The van der Waals surface area contributed by atoms with Crippen LogP contribution in [0.25, 0.3) is 0 Å². The monoisotopic (exact) mass is 608 g/mol. The van der Waals surface area contributed by atoms with Crippen LogP contribution in [0, 0.1) is 35.0 Å². The maximum atomic E-state index is 12.1. The SMILES string of the molecule is CC1(C)CCC(=O)N(Cc2ccc(C#Cc3ccccc3)cn2)C1.CC1CCN(Cc2ccc(C#Cc3ccccc3)cn2)C1=O. The minimum absolute atomic E-state index is 0.149. The summed E-state index contributed by atoms with van der Waals surface area (Å²) in [5.74, 6) is 13.1. The standard InChI is InChI=1S/C21H22N2O.C19H18N2O/c1-21(2)13-12-20(24)23(16-21)15-19-11-10-18(14-22-19)9-8-17-6-4-3-5-7-17;1-15-11-12-21(19(15)22)14-18-10-9-17(13-20-18)8-7-16-5-3-2-4-6-16/h3-7,10-11,14H,12-13,15-16H2,1-2H3;2-6,9-10,13,15H,11-12,14H2,1H3. The van der Waals surface area contributed by atoms with Crippen molar-refractivity contribution in [2.75, 3.05) is 13.1 Å². The molecule has 0 N–H and O–H groups in total. The van der Waals surface area contributed by atoms with Gasteiger partial charge in [-0.15, -0.1) is 0 Å². The molecular formula is C40H40N4O2. The van der Waals surface area contributed by atoms with Crippen LogP contribution in [0.2, 0.25) is 0 Å². The molecule has 0 radical (unpaired) electrons. The summed E-state index contributed by atoms with van der Waals surface area (Å²) >= 11 is 0. The van der Waals surface area contributed by atoms with Crippen LogP contribution in [0.5, 0.6) is 0 Å². The van der Waals surface area contributed by atoms with Crippen LogP contribution < -0.4 is 0 Å². The first kappa shape index (κ1) is 32.2. The first-order valence-corrected chi connectivity index (χ1v) is 15.8. The molecule has 2 saturated heterocycles. The summed E-state index contributed by atoms with van der Waals surface area (Å²) in [6.07, 6.45) is 6.09. The molecule has 46 heavy (non-hydrogen) atoms. The van der Waals surface area contributed by atoms with Gasteiger partial charge in [-0.1, -0.05) is 80.9 Å². The summed E-state index contributed by atoms with van der Waals surface area (Å²) in [6.45, 7) is 9.20. The van der Waals surface area contributed by atoms with Crippen molar-refractivity contribution in [2.45, 2.75) is 53.1 Å². The molecule has 6 nitrogen and oxygen atoms in total. The van der Waals surface area contributed by atoms with Crippen LogP contribution in [0.15, 0.2) is 97.3 Å². The Morgan fingerprint density at radius 1 is 0.696 bits per heavy atom. The van der Waals surface area contributed by atoms with Crippen LogP contribution in [0.3, 0.4) is 0 Å². The fraction of sp³-hybridized carbons (Fsp3) is 0.300. The molecule has 232 valence electrons. The minimum Gasteiger partial charge on any atom is -0.337 e.